The summed E-state index contributed by atoms with van der Waals surface area (Å²) in [5, 5.41) is 11.0. The van der Waals surface area contributed by atoms with Crippen molar-refractivity contribution in [1.82, 2.24) is 4.90 Å². The number of hydrogen-bond donors (Lipinski definition) is 0. The maximum atomic E-state index is 12.5. The van der Waals surface area contributed by atoms with Crippen LogP contribution in [-0.4, -0.2) is 40.9 Å². The molecule has 0 unspecified atom stereocenters. The number of nitro benzene ring substituents is 1. The summed E-state index contributed by atoms with van der Waals surface area (Å²) in [7, 11) is 0. The zero-order valence-corrected chi connectivity index (χ0v) is 11.7. The number of nitrogens with zero attached hydrogens (tertiary/aromatic N) is 2. The van der Waals surface area contributed by atoms with Crippen LogP contribution in [0.4, 0.5) is 5.69 Å². The second kappa shape index (κ2) is 6.34. The Morgan fingerprint density at radius 1 is 1.38 bits per heavy atom. The van der Waals surface area contributed by atoms with Gasteiger partial charge in [-0.3, -0.25) is 19.7 Å². The SMILES string of the molecule is CCOC(=O)CN(C(=O)c1ccccc1[N+](=O)[O-])C1CC1. The summed E-state index contributed by atoms with van der Waals surface area (Å²) in [6.07, 6.45) is 1.59. The highest BCUT2D eigenvalue weighted by molar-refractivity contribution is 5.99. The first-order chi connectivity index (χ1) is 10.0. The summed E-state index contributed by atoms with van der Waals surface area (Å²) < 4.78 is 4.85. The van der Waals surface area contributed by atoms with Gasteiger partial charge in [-0.2, -0.15) is 0 Å². The molecule has 0 aliphatic heterocycles. The standard InChI is InChI=1S/C14H16N2O5/c1-2-21-13(17)9-15(10-7-8-10)14(18)11-5-3-4-6-12(11)16(19)20/h3-6,10H,2,7-9H2,1H3. The molecule has 1 fully saturated rings. The molecule has 7 nitrogen and oxygen atoms in total. The van der Waals surface area contributed by atoms with Gasteiger partial charge in [0.1, 0.15) is 12.1 Å². The molecule has 0 heterocycles. The minimum atomic E-state index is -0.595. The first kappa shape index (κ1) is 15.0. The van der Waals surface area contributed by atoms with Gasteiger partial charge < -0.3 is 9.64 Å². The summed E-state index contributed by atoms with van der Waals surface area (Å²) in [6, 6.07) is 5.71. The lowest BCUT2D eigenvalue weighted by Crippen LogP contribution is -2.38. The van der Waals surface area contributed by atoms with Crippen molar-refractivity contribution in [1.29, 1.82) is 0 Å². The highest BCUT2D eigenvalue weighted by atomic mass is 16.6. The summed E-state index contributed by atoms with van der Waals surface area (Å²) >= 11 is 0. The molecule has 7 heteroatoms. The molecule has 21 heavy (non-hydrogen) atoms. The van der Waals surface area contributed by atoms with E-state index in [9.17, 15) is 19.7 Å². The Bertz CT molecular complexity index is 568. The van der Waals surface area contributed by atoms with E-state index < -0.39 is 16.8 Å². The molecule has 0 saturated heterocycles. The summed E-state index contributed by atoms with van der Waals surface area (Å²) in [5.74, 6) is -1.01. The van der Waals surface area contributed by atoms with Crippen LogP contribution in [0, 0.1) is 10.1 Å². The lowest BCUT2D eigenvalue weighted by molar-refractivity contribution is -0.385. The lowest BCUT2D eigenvalue weighted by atomic mass is 10.1. The Morgan fingerprint density at radius 3 is 2.62 bits per heavy atom. The molecule has 0 atom stereocenters. The summed E-state index contributed by atoms with van der Waals surface area (Å²) in [5.41, 5.74) is -0.254. The van der Waals surface area contributed by atoms with Crippen LogP contribution < -0.4 is 0 Å². The fourth-order valence-corrected chi connectivity index (χ4v) is 2.07. The van der Waals surface area contributed by atoms with Gasteiger partial charge in [0.25, 0.3) is 11.6 Å². The maximum absolute atomic E-state index is 12.5. The molecule has 2 rings (SSSR count). The summed E-state index contributed by atoms with van der Waals surface area (Å²) in [4.78, 5) is 35.9. The Balaban J connectivity index is 2.23. The second-order valence-electron chi connectivity index (χ2n) is 4.74. The largest absolute Gasteiger partial charge is 0.465 e. The van der Waals surface area contributed by atoms with Crippen LogP contribution >= 0.6 is 0 Å². The molecule has 1 amide bonds. The van der Waals surface area contributed by atoms with Gasteiger partial charge in [-0.1, -0.05) is 12.1 Å². The first-order valence-corrected chi connectivity index (χ1v) is 6.74. The molecule has 112 valence electrons. The van der Waals surface area contributed by atoms with E-state index in [-0.39, 0.29) is 30.4 Å². The van der Waals surface area contributed by atoms with E-state index in [1.165, 1.54) is 23.1 Å². The lowest BCUT2D eigenvalue weighted by Gasteiger charge is -2.21. The normalized spacial score (nSPS) is 13.6. The second-order valence-corrected chi connectivity index (χ2v) is 4.74. The van der Waals surface area contributed by atoms with Crippen molar-refractivity contribution in [2.75, 3.05) is 13.2 Å². The molecule has 0 N–H and O–H groups in total. The predicted octanol–water partition coefficient (Wildman–Crippen LogP) is 1.76. The average Bonchev–Trinajstić information content (AvgIpc) is 3.29. The minimum absolute atomic E-state index is 0.00121. The average molecular weight is 292 g/mol. The Morgan fingerprint density at radius 2 is 2.05 bits per heavy atom. The number of ether oxygens (including phenoxy) is 1. The number of para-hydroxylation sites is 1. The molecule has 1 saturated carbocycles. The topological polar surface area (TPSA) is 89.8 Å². The van der Waals surface area contributed by atoms with Gasteiger partial charge >= 0.3 is 5.97 Å². The van der Waals surface area contributed by atoms with E-state index in [2.05, 4.69) is 0 Å². The van der Waals surface area contributed by atoms with Crippen molar-refractivity contribution in [3.63, 3.8) is 0 Å². The number of hydrogen-bond acceptors (Lipinski definition) is 5. The van der Waals surface area contributed by atoms with Gasteiger partial charge in [0, 0.05) is 12.1 Å². The Hall–Kier alpha value is -2.44. The van der Waals surface area contributed by atoms with Crippen LogP contribution in [0.5, 0.6) is 0 Å². The number of carbonyl (C=O) groups excluding carboxylic acids is 2. The van der Waals surface area contributed by atoms with Gasteiger partial charge in [0.05, 0.1) is 11.5 Å². The molecule has 1 aliphatic rings. The number of rotatable bonds is 6. The van der Waals surface area contributed by atoms with E-state index in [1.807, 2.05) is 0 Å². The third-order valence-electron chi connectivity index (χ3n) is 3.18. The maximum Gasteiger partial charge on any atom is 0.325 e. The van der Waals surface area contributed by atoms with Crippen molar-refractivity contribution < 1.29 is 19.2 Å². The predicted molar refractivity (Wildman–Crippen MR) is 73.8 cm³/mol. The highest BCUT2D eigenvalue weighted by Gasteiger charge is 2.36. The van der Waals surface area contributed by atoms with Gasteiger partial charge in [0.15, 0.2) is 0 Å². The third kappa shape index (κ3) is 3.56. The van der Waals surface area contributed by atoms with Crippen molar-refractivity contribution >= 4 is 17.6 Å². The number of benzene rings is 1. The molecule has 0 radical (unpaired) electrons. The fourth-order valence-electron chi connectivity index (χ4n) is 2.07. The third-order valence-corrected chi connectivity index (χ3v) is 3.18. The molecular weight excluding hydrogens is 276 g/mol. The van der Waals surface area contributed by atoms with Crippen molar-refractivity contribution in [2.45, 2.75) is 25.8 Å². The molecule has 1 aromatic rings. The number of esters is 1. The minimum Gasteiger partial charge on any atom is -0.465 e. The molecule has 0 aromatic heterocycles. The van der Waals surface area contributed by atoms with Gasteiger partial charge in [-0.05, 0) is 25.8 Å². The van der Waals surface area contributed by atoms with E-state index in [1.54, 1.807) is 13.0 Å². The number of nitro groups is 1. The number of carbonyl (C=O) groups is 2. The van der Waals surface area contributed by atoms with Gasteiger partial charge in [-0.15, -0.1) is 0 Å². The smallest absolute Gasteiger partial charge is 0.325 e. The Kier molecular flexibility index (Phi) is 4.52. The van der Waals surface area contributed by atoms with Crippen molar-refractivity contribution in [3.05, 3.63) is 39.9 Å². The van der Waals surface area contributed by atoms with Crippen molar-refractivity contribution in [2.24, 2.45) is 0 Å². The van der Waals surface area contributed by atoms with E-state index >= 15 is 0 Å². The van der Waals surface area contributed by atoms with Crippen LogP contribution in [0.2, 0.25) is 0 Å². The Labute approximate surface area is 121 Å². The monoisotopic (exact) mass is 292 g/mol. The van der Waals surface area contributed by atoms with Gasteiger partial charge in [0.2, 0.25) is 0 Å². The highest BCUT2D eigenvalue weighted by Crippen LogP contribution is 2.30. The molecule has 0 spiro atoms. The zero-order valence-electron chi connectivity index (χ0n) is 11.7. The zero-order chi connectivity index (χ0) is 15.4. The molecular formula is C14H16N2O5. The van der Waals surface area contributed by atoms with Crippen LogP contribution in [0.15, 0.2) is 24.3 Å². The first-order valence-electron chi connectivity index (χ1n) is 6.74. The van der Waals surface area contributed by atoms with E-state index in [0.717, 1.165) is 12.8 Å². The molecule has 1 aromatic carbocycles. The van der Waals surface area contributed by atoms with Crippen LogP contribution in [0.25, 0.3) is 0 Å². The van der Waals surface area contributed by atoms with Gasteiger partial charge in [-0.25, -0.2) is 0 Å². The van der Waals surface area contributed by atoms with Crippen LogP contribution in [-0.2, 0) is 9.53 Å². The molecule has 1 aliphatic carbocycles. The van der Waals surface area contributed by atoms with E-state index in [4.69, 9.17) is 4.74 Å². The fraction of sp³-hybridized carbons (Fsp3) is 0.429. The van der Waals surface area contributed by atoms with Crippen molar-refractivity contribution in [3.8, 4) is 0 Å². The number of amides is 1. The van der Waals surface area contributed by atoms with E-state index in [0.29, 0.717) is 0 Å². The van der Waals surface area contributed by atoms with Crippen LogP contribution in [0.1, 0.15) is 30.1 Å². The summed E-state index contributed by atoms with van der Waals surface area (Å²) in [6.45, 7) is 1.74. The van der Waals surface area contributed by atoms with Crippen LogP contribution in [0.3, 0.4) is 0 Å². The quantitative estimate of drug-likeness (QED) is 0.453. The molecule has 0 bridgehead atoms.